The summed E-state index contributed by atoms with van der Waals surface area (Å²) in [4.78, 5) is 14.4. The zero-order chi connectivity index (χ0) is 18.0. The Morgan fingerprint density at radius 2 is 1.72 bits per heavy atom. The van der Waals surface area contributed by atoms with Crippen molar-refractivity contribution in [3.8, 4) is 5.75 Å². The Balaban J connectivity index is 2.03. The van der Waals surface area contributed by atoms with Crippen LogP contribution < -0.4 is 9.64 Å². The summed E-state index contributed by atoms with van der Waals surface area (Å²) in [7, 11) is -1.86. The summed E-state index contributed by atoms with van der Waals surface area (Å²) in [5.41, 5.74) is 0.936. The number of ether oxygens (including phenoxy) is 1. The van der Waals surface area contributed by atoms with E-state index in [1.165, 1.54) is 12.0 Å². The van der Waals surface area contributed by atoms with E-state index in [1.807, 2.05) is 0 Å². The summed E-state index contributed by atoms with van der Waals surface area (Å²) in [5.74, 6) is -0.340. The van der Waals surface area contributed by atoms with Gasteiger partial charge in [0.2, 0.25) is 0 Å². The van der Waals surface area contributed by atoms with Crippen LogP contribution in [-0.4, -0.2) is 50.2 Å². The lowest BCUT2D eigenvalue weighted by Crippen LogP contribution is -2.47. The molecule has 6 nitrogen and oxygen atoms in total. The van der Waals surface area contributed by atoms with Crippen LogP contribution in [0.1, 0.15) is 10.4 Å². The zero-order valence-electron chi connectivity index (χ0n) is 13.7. The fourth-order valence-electron chi connectivity index (χ4n) is 2.98. The SMILES string of the molecule is COc1ccc(N(C(=O)c2ccccc2)[C@@H]2CS(=O)(=O)C[C@@H]2O)cc1. The number of amides is 1. The molecular formula is C18H19NO5S. The number of aliphatic hydroxyl groups excluding tert-OH is 1. The van der Waals surface area contributed by atoms with Crippen molar-refractivity contribution in [1.82, 2.24) is 0 Å². The molecule has 7 heteroatoms. The molecule has 0 unspecified atom stereocenters. The lowest BCUT2D eigenvalue weighted by Gasteiger charge is -2.30. The van der Waals surface area contributed by atoms with Crippen LogP contribution in [-0.2, 0) is 9.84 Å². The van der Waals surface area contributed by atoms with E-state index in [-0.39, 0.29) is 17.4 Å². The van der Waals surface area contributed by atoms with Gasteiger partial charge in [0.15, 0.2) is 9.84 Å². The third kappa shape index (κ3) is 3.67. The molecule has 1 aliphatic heterocycles. The summed E-state index contributed by atoms with van der Waals surface area (Å²) in [6.45, 7) is 0. The topological polar surface area (TPSA) is 83.9 Å². The minimum Gasteiger partial charge on any atom is -0.497 e. The highest BCUT2D eigenvalue weighted by molar-refractivity contribution is 7.91. The van der Waals surface area contributed by atoms with Crippen LogP contribution in [0.2, 0.25) is 0 Å². The number of aliphatic hydroxyl groups is 1. The molecule has 0 aliphatic carbocycles. The van der Waals surface area contributed by atoms with Gasteiger partial charge in [-0.15, -0.1) is 0 Å². The lowest BCUT2D eigenvalue weighted by atomic mass is 10.1. The molecule has 3 rings (SSSR count). The van der Waals surface area contributed by atoms with Crippen LogP contribution in [0.25, 0.3) is 0 Å². The number of methoxy groups -OCH3 is 1. The Kier molecular flexibility index (Phi) is 4.78. The molecule has 25 heavy (non-hydrogen) atoms. The summed E-state index contributed by atoms with van der Waals surface area (Å²) in [5, 5.41) is 10.3. The first-order chi connectivity index (χ1) is 11.9. The molecule has 0 radical (unpaired) electrons. The van der Waals surface area contributed by atoms with Gasteiger partial charge in [-0.05, 0) is 36.4 Å². The van der Waals surface area contributed by atoms with Crippen molar-refractivity contribution in [2.24, 2.45) is 0 Å². The van der Waals surface area contributed by atoms with Gasteiger partial charge in [0, 0.05) is 11.3 Å². The number of hydrogen-bond acceptors (Lipinski definition) is 5. The highest BCUT2D eigenvalue weighted by Crippen LogP contribution is 2.28. The average Bonchev–Trinajstić information content (AvgIpc) is 2.89. The van der Waals surface area contributed by atoms with Crippen LogP contribution in [0.15, 0.2) is 54.6 Å². The van der Waals surface area contributed by atoms with E-state index in [0.717, 1.165) is 0 Å². The molecule has 2 aromatic carbocycles. The van der Waals surface area contributed by atoms with E-state index >= 15 is 0 Å². The molecule has 1 saturated heterocycles. The summed E-state index contributed by atoms with van der Waals surface area (Å²) in [6, 6.07) is 14.5. The lowest BCUT2D eigenvalue weighted by molar-refractivity contribution is 0.0945. The summed E-state index contributed by atoms with van der Waals surface area (Å²) < 4.78 is 29.0. The fourth-order valence-corrected chi connectivity index (χ4v) is 4.75. The van der Waals surface area contributed by atoms with Gasteiger partial charge in [0.25, 0.3) is 5.91 Å². The molecule has 132 valence electrons. The van der Waals surface area contributed by atoms with Crippen molar-refractivity contribution in [1.29, 1.82) is 0 Å². The summed E-state index contributed by atoms with van der Waals surface area (Å²) >= 11 is 0. The van der Waals surface area contributed by atoms with Gasteiger partial charge in [-0.3, -0.25) is 4.79 Å². The normalized spacial score (nSPS) is 21.7. The Hall–Kier alpha value is -2.38. The maximum absolute atomic E-state index is 13.0. The van der Waals surface area contributed by atoms with E-state index in [9.17, 15) is 18.3 Å². The number of sulfone groups is 1. The molecule has 1 N–H and O–H groups in total. The van der Waals surface area contributed by atoms with Gasteiger partial charge in [0.1, 0.15) is 5.75 Å². The highest BCUT2D eigenvalue weighted by Gasteiger charge is 2.42. The minimum absolute atomic E-state index is 0.265. The molecule has 1 aliphatic rings. The molecule has 0 bridgehead atoms. The Morgan fingerprint density at radius 3 is 2.24 bits per heavy atom. The molecule has 1 amide bonds. The van der Waals surface area contributed by atoms with Crippen molar-refractivity contribution in [2.45, 2.75) is 12.1 Å². The van der Waals surface area contributed by atoms with Crippen molar-refractivity contribution < 1.29 is 23.1 Å². The smallest absolute Gasteiger partial charge is 0.258 e. The maximum Gasteiger partial charge on any atom is 0.258 e. The van der Waals surface area contributed by atoms with E-state index < -0.39 is 22.0 Å². The van der Waals surface area contributed by atoms with Crippen LogP contribution in [0.4, 0.5) is 5.69 Å². The molecule has 1 fully saturated rings. The number of rotatable bonds is 4. The molecule has 0 saturated carbocycles. The summed E-state index contributed by atoms with van der Waals surface area (Å²) in [6.07, 6.45) is -1.13. The van der Waals surface area contributed by atoms with Crippen LogP contribution in [0.3, 0.4) is 0 Å². The quantitative estimate of drug-likeness (QED) is 0.892. The van der Waals surface area contributed by atoms with Gasteiger partial charge in [-0.25, -0.2) is 8.42 Å². The highest BCUT2D eigenvalue weighted by atomic mass is 32.2. The second-order valence-electron chi connectivity index (χ2n) is 5.95. The van der Waals surface area contributed by atoms with Gasteiger partial charge >= 0.3 is 0 Å². The third-order valence-corrected chi connectivity index (χ3v) is 5.91. The first kappa shape index (κ1) is 17.4. The molecule has 2 atom stereocenters. The van der Waals surface area contributed by atoms with Gasteiger partial charge in [-0.1, -0.05) is 18.2 Å². The first-order valence-corrected chi connectivity index (χ1v) is 9.64. The van der Waals surface area contributed by atoms with Crippen LogP contribution >= 0.6 is 0 Å². The largest absolute Gasteiger partial charge is 0.497 e. The standard InChI is InChI=1S/C18H19NO5S/c1-24-15-9-7-14(8-10-15)19(16-11-25(22,23)12-17(16)20)18(21)13-5-3-2-4-6-13/h2-10,16-17,20H,11-12H2,1H3/t16-,17+/m1/s1. The third-order valence-electron chi connectivity index (χ3n) is 4.22. The number of carbonyl (C=O) groups is 1. The van der Waals surface area contributed by atoms with Crippen LogP contribution in [0.5, 0.6) is 5.75 Å². The first-order valence-electron chi connectivity index (χ1n) is 7.82. The minimum atomic E-state index is -3.39. The number of anilines is 1. The predicted molar refractivity (Wildman–Crippen MR) is 94.7 cm³/mol. The fraction of sp³-hybridized carbons (Fsp3) is 0.278. The van der Waals surface area contributed by atoms with Crippen molar-refractivity contribution in [3.05, 3.63) is 60.2 Å². The van der Waals surface area contributed by atoms with Crippen molar-refractivity contribution >= 4 is 21.4 Å². The Labute approximate surface area is 146 Å². The van der Waals surface area contributed by atoms with E-state index in [4.69, 9.17) is 4.74 Å². The Bertz CT molecular complexity index is 849. The monoisotopic (exact) mass is 361 g/mol. The van der Waals surface area contributed by atoms with Gasteiger partial charge < -0.3 is 14.7 Å². The number of hydrogen-bond donors (Lipinski definition) is 1. The molecule has 2 aromatic rings. The molecule has 1 heterocycles. The molecule has 0 spiro atoms. The van der Waals surface area contributed by atoms with E-state index in [2.05, 4.69) is 0 Å². The molecular weight excluding hydrogens is 342 g/mol. The number of nitrogens with zero attached hydrogens (tertiary/aromatic N) is 1. The van der Waals surface area contributed by atoms with Gasteiger partial charge in [0.05, 0.1) is 30.8 Å². The van der Waals surface area contributed by atoms with Crippen LogP contribution in [0, 0.1) is 0 Å². The average molecular weight is 361 g/mol. The number of carbonyl (C=O) groups excluding carboxylic acids is 1. The van der Waals surface area contributed by atoms with E-state index in [0.29, 0.717) is 17.0 Å². The molecule has 0 aromatic heterocycles. The Morgan fingerprint density at radius 1 is 1.08 bits per heavy atom. The predicted octanol–water partition coefficient (Wildman–Crippen LogP) is 1.50. The zero-order valence-corrected chi connectivity index (χ0v) is 14.5. The maximum atomic E-state index is 13.0. The number of benzene rings is 2. The van der Waals surface area contributed by atoms with Crippen molar-refractivity contribution in [2.75, 3.05) is 23.5 Å². The van der Waals surface area contributed by atoms with Gasteiger partial charge in [-0.2, -0.15) is 0 Å². The van der Waals surface area contributed by atoms with E-state index in [1.54, 1.807) is 54.6 Å². The van der Waals surface area contributed by atoms with Crippen molar-refractivity contribution in [3.63, 3.8) is 0 Å². The second-order valence-corrected chi connectivity index (χ2v) is 8.10. The second kappa shape index (κ2) is 6.85.